The van der Waals surface area contributed by atoms with Gasteiger partial charge in [-0.1, -0.05) is 31.2 Å². The highest BCUT2D eigenvalue weighted by Gasteiger charge is 2.16. The van der Waals surface area contributed by atoms with Crippen molar-refractivity contribution in [2.75, 3.05) is 0 Å². The Hall–Kier alpha value is -2.10. The number of aryl methyl sites for hydroxylation is 2. The molecule has 0 spiro atoms. The van der Waals surface area contributed by atoms with E-state index in [1.54, 1.807) is 6.92 Å². The zero-order valence-corrected chi connectivity index (χ0v) is 9.82. The summed E-state index contributed by atoms with van der Waals surface area (Å²) in [4.78, 5) is 18.0. The summed E-state index contributed by atoms with van der Waals surface area (Å²) in [6, 6.07) is 7.79. The van der Waals surface area contributed by atoms with E-state index in [0.717, 1.165) is 12.0 Å². The van der Waals surface area contributed by atoms with E-state index in [1.165, 1.54) is 5.56 Å². The molecular weight excluding hydrogens is 216 g/mol. The number of rotatable bonds is 3. The van der Waals surface area contributed by atoms with Crippen LogP contribution in [0.25, 0.3) is 11.3 Å². The quantitative estimate of drug-likeness (QED) is 0.851. The average Bonchev–Trinajstić information content (AvgIpc) is 2.72. The number of nitrogens with one attached hydrogen (secondary N) is 1. The molecule has 0 saturated heterocycles. The molecular formula is C13H14N2O2. The Balaban J connectivity index is 2.48. The first kappa shape index (κ1) is 11.4. The molecule has 0 bridgehead atoms. The number of carboxylic acids is 1. The molecule has 1 aromatic heterocycles. The minimum Gasteiger partial charge on any atom is -0.477 e. The van der Waals surface area contributed by atoms with E-state index in [4.69, 9.17) is 5.11 Å². The molecule has 0 amide bonds. The SMILES string of the molecule is CCc1ccc(-c2nc(C)[nH]c2C(=O)O)cc1. The first-order valence-electron chi connectivity index (χ1n) is 5.51. The Labute approximate surface area is 99.3 Å². The van der Waals surface area contributed by atoms with Crippen LogP contribution in [-0.4, -0.2) is 21.0 Å². The first-order valence-corrected chi connectivity index (χ1v) is 5.51. The Morgan fingerprint density at radius 2 is 2.00 bits per heavy atom. The third-order valence-electron chi connectivity index (χ3n) is 2.67. The molecule has 2 rings (SSSR count). The molecule has 4 heteroatoms. The summed E-state index contributed by atoms with van der Waals surface area (Å²) < 4.78 is 0. The molecule has 2 N–H and O–H groups in total. The summed E-state index contributed by atoms with van der Waals surface area (Å²) in [5.74, 6) is -0.378. The lowest BCUT2D eigenvalue weighted by Crippen LogP contribution is -1.99. The number of carboxylic acid groups (broad SMARTS) is 1. The number of benzene rings is 1. The fraction of sp³-hybridized carbons (Fsp3) is 0.231. The van der Waals surface area contributed by atoms with Crippen LogP contribution in [0, 0.1) is 6.92 Å². The van der Waals surface area contributed by atoms with Gasteiger partial charge in [0, 0.05) is 5.56 Å². The predicted molar refractivity (Wildman–Crippen MR) is 65.1 cm³/mol. The zero-order valence-electron chi connectivity index (χ0n) is 9.82. The molecule has 0 aliphatic carbocycles. The minimum absolute atomic E-state index is 0.145. The van der Waals surface area contributed by atoms with Gasteiger partial charge in [-0.25, -0.2) is 9.78 Å². The lowest BCUT2D eigenvalue weighted by Gasteiger charge is -2.01. The lowest BCUT2D eigenvalue weighted by atomic mass is 10.1. The molecule has 88 valence electrons. The van der Waals surface area contributed by atoms with Gasteiger partial charge in [0.15, 0.2) is 5.69 Å². The normalized spacial score (nSPS) is 10.5. The molecule has 0 aliphatic heterocycles. The number of hydrogen-bond acceptors (Lipinski definition) is 2. The third-order valence-corrected chi connectivity index (χ3v) is 2.67. The van der Waals surface area contributed by atoms with Crippen LogP contribution in [0.2, 0.25) is 0 Å². The van der Waals surface area contributed by atoms with E-state index >= 15 is 0 Å². The molecule has 0 unspecified atom stereocenters. The molecule has 0 aliphatic rings. The number of H-pyrrole nitrogens is 1. The number of aromatic nitrogens is 2. The standard InChI is InChI=1S/C13H14N2O2/c1-3-9-4-6-10(7-5-9)11-12(13(16)17)15-8(2)14-11/h4-7H,3H2,1-2H3,(H,14,15)(H,16,17). The van der Waals surface area contributed by atoms with Crippen LogP contribution in [0.3, 0.4) is 0 Å². The van der Waals surface area contributed by atoms with Crippen molar-refractivity contribution < 1.29 is 9.90 Å². The molecule has 0 atom stereocenters. The van der Waals surface area contributed by atoms with Gasteiger partial charge in [-0.2, -0.15) is 0 Å². The molecule has 0 fully saturated rings. The number of aromatic amines is 1. The Bertz CT molecular complexity index is 541. The summed E-state index contributed by atoms with van der Waals surface area (Å²) in [6.07, 6.45) is 0.964. The molecule has 0 saturated carbocycles. The number of aromatic carboxylic acids is 1. The van der Waals surface area contributed by atoms with Crippen molar-refractivity contribution in [1.82, 2.24) is 9.97 Å². The zero-order chi connectivity index (χ0) is 12.4. The van der Waals surface area contributed by atoms with E-state index in [9.17, 15) is 4.79 Å². The topological polar surface area (TPSA) is 66.0 Å². The maximum atomic E-state index is 11.1. The van der Waals surface area contributed by atoms with Crippen molar-refractivity contribution in [3.8, 4) is 11.3 Å². The van der Waals surface area contributed by atoms with Crippen molar-refractivity contribution in [1.29, 1.82) is 0 Å². The number of imidazole rings is 1. The Kier molecular flexibility index (Phi) is 2.95. The second kappa shape index (κ2) is 4.41. The van der Waals surface area contributed by atoms with E-state index in [0.29, 0.717) is 11.5 Å². The van der Waals surface area contributed by atoms with Crippen LogP contribution >= 0.6 is 0 Å². The maximum Gasteiger partial charge on any atom is 0.354 e. The van der Waals surface area contributed by atoms with E-state index < -0.39 is 5.97 Å². The second-order valence-electron chi connectivity index (χ2n) is 3.90. The van der Waals surface area contributed by atoms with Crippen molar-refractivity contribution in [2.45, 2.75) is 20.3 Å². The lowest BCUT2D eigenvalue weighted by molar-refractivity contribution is 0.0692. The highest BCUT2D eigenvalue weighted by atomic mass is 16.4. The van der Waals surface area contributed by atoms with Crippen LogP contribution in [0.1, 0.15) is 28.8 Å². The van der Waals surface area contributed by atoms with Gasteiger partial charge >= 0.3 is 5.97 Å². The highest BCUT2D eigenvalue weighted by Crippen LogP contribution is 2.22. The van der Waals surface area contributed by atoms with Crippen LogP contribution in [0.4, 0.5) is 0 Å². The Morgan fingerprint density at radius 3 is 2.53 bits per heavy atom. The largest absolute Gasteiger partial charge is 0.477 e. The van der Waals surface area contributed by atoms with E-state index in [-0.39, 0.29) is 5.69 Å². The van der Waals surface area contributed by atoms with E-state index in [2.05, 4.69) is 16.9 Å². The molecule has 1 heterocycles. The van der Waals surface area contributed by atoms with Gasteiger partial charge in [-0.05, 0) is 18.9 Å². The van der Waals surface area contributed by atoms with Gasteiger partial charge in [0.1, 0.15) is 11.5 Å². The monoisotopic (exact) mass is 230 g/mol. The number of carbonyl (C=O) groups is 1. The fourth-order valence-electron chi connectivity index (χ4n) is 1.75. The maximum absolute atomic E-state index is 11.1. The summed E-state index contributed by atoms with van der Waals surface area (Å²) in [5.41, 5.74) is 2.69. The van der Waals surface area contributed by atoms with Crippen molar-refractivity contribution in [3.05, 3.63) is 41.3 Å². The fourth-order valence-corrected chi connectivity index (χ4v) is 1.75. The third kappa shape index (κ3) is 2.20. The minimum atomic E-state index is -0.986. The molecule has 17 heavy (non-hydrogen) atoms. The van der Waals surface area contributed by atoms with Gasteiger partial charge in [0.05, 0.1) is 0 Å². The smallest absolute Gasteiger partial charge is 0.354 e. The summed E-state index contributed by atoms with van der Waals surface area (Å²) in [6.45, 7) is 3.83. The number of hydrogen-bond donors (Lipinski definition) is 2. The van der Waals surface area contributed by atoms with Gasteiger partial charge < -0.3 is 10.1 Å². The second-order valence-corrected chi connectivity index (χ2v) is 3.90. The average molecular weight is 230 g/mol. The predicted octanol–water partition coefficient (Wildman–Crippen LogP) is 2.65. The van der Waals surface area contributed by atoms with Crippen LogP contribution in [-0.2, 0) is 6.42 Å². The van der Waals surface area contributed by atoms with Crippen LogP contribution < -0.4 is 0 Å². The molecule has 4 nitrogen and oxygen atoms in total. The molecule has 1 aromatic carbocycles. The summed E-state index contributed by atoms with van der Waals surface area (Å²) in [5, 5.41) is 9.07. The van der Waals surface area contributed by atoms with E-state index in [1.807, 2.05) is 24.3 Å². The van der Waals surface area contributed by atoms with Crippen LogP contribution in [0.15, 0.2) is 24.3 Å². The summed E-state index contributed by atoms with van der Waals surface area (Å²) >= 11 is 0. The van der Waals surface area contributed by atoms with Gasteiger partial charge in [0.25, 0.3) is 0 Å². The van der Waals surface area contributed by atoms with Gasteiger partial charge in [-0.3, -0.25) is 0 Å². The van der Waals surface area contributed by atoms with Crippen molar-refractivity contribution in [2.24, 2.45) is 0 Å². The molecule has 0 radical (unpaired) electrons. The van der Waals surface area contributed by atoms with Crippen molar-refractivity contribution >= 4 is 5.97 Å². The van der Waals surface area contributed by atoms with Crippen molar-refractivity contribution in [3.63, 3.8) is 0 Å². The van der Waals surface area contributed by atoms with Gasteiger partial charge in [-0.15, -0.1) is 0 Å². The van der Waals surface area contributed by atoms with Gasteiger partial charge in [0.2, 0.25) is 0 Å². The molecule has 2 aromatic rings. The summed E-state index contributed by atoms with van der Waals surface area (Å²) in [7, 11) is 0. The van der Waals surface area contributed by atoms with Crippen LogP contribution in [0.5, 0.6) is 0 Å². The highest BCUT2D eigenvalue weighted by molar-refractivity contribution is 5.92. The number of nitrogens with zero attached hydrogens (tertiary/aromatic N) is 1. The first-order chi connectivity index (χ1) is 8.11. The Morgan fingerprint density at radius 1 is 1.35 bits per heavy atom.